The van der Waals surface area contributed by atoms with Crippen molar-refractivity contribution in [2.24, 2.45) is 0 Å². The van der Waals surface area contributed by atoms with Crippen LogP contribution in [0.1, 0.15) is 22.0 Å². The van der Waals surface area contributed by atoms with E-state index in [1.807, 2.05) is 0 Å². The number of benzene rings is 1. The second kappa shape index (κ2) is 6.55. The lowest BCUT2D eigenvalue weighted by Gasteiger charge is -2.32. The van der Waals surface area contributed by atoms with E-state index in [1.165, 1.54) is 14.2 Å². The molecule has 0 radical (unpaired) electrons. The summed E-state index contributed by atoms with van der Waals surface area (Å²) >= 11 is 0. The molecule has 0 N–H and O–H groups in total. The fraction of sp³-hybridized carbons (Fsp3) is 0.500. The van der Waals surface area contributed by atoms with Crippen LogP contribution in [-0.4, -0.2) is 63.7 Å². The van der Waals surface area contributed by atoms with Crippen molar-refractivity contribution in [3.05, 3.63) is 23.3 Å². The minimum atomic E-state index is -0.805. The first-order chi connectivity index (χ1) is 11.2. The topological polar surface area (TPSA) is 74.3 Å². The number of rotatable bonds is 3. The van der Waals surface area contributed by atoms with Gasteiger partial charge in [-0.25, -0.2) is 0 Å². The molecule has 0 bridgehead atoms. The van der Waals surface area contributed by atoms with Crippen LogP contribution in [0.5, 0.6) is 11.5 Å². The Labute approximate surface area is 134 Å². The van der Waals surface area contributed by atoms with Crippen LogP contribution < -0.4 is 9.47 Å². The van der Waals surface area contributed by atoms with E-state index in [9.17, 15) is 9.59 Å². The third-order valence-electron chi connectivity index (χ3n) is 4.07. The smallest absolute Gasteiger partial charge is 0.256 e. The number of carbonyl (C=O) groups is 2. The van der Waals surface area contributed by atoms with Crippen molar-refractivity contribution >= 4 is 11.7 Å². The van der Waals surface area contributed by atoms with Crippen molar-refractivity contribution in [3.8, 4) is 11.5 Å². The molecule has 3 rings (SSSR count). The van der Waals surface area contributed by atoms with Gasteiger partial charge in [0, 0.05) is 24.2 Å². The first-order valence-corrected chi connectivity index (χ1v) is 7.43. The molecule has 7 nitrogen and oxygen atoms in total. The fourth-order valence-corrected chi connectivity index (χ4v) is 2.83. The molecule has 23 heavy (non-hydrogen) atoms. The lowest BCUT2D eigenvalue weighted by molar-refractivity contribution is -0.148. The van der Waals surface area contributed by atoms with Gasteiger partial charge in [0.15, 0.2) is 23.4 Å². The number of fused-ring (bicyclic) bond motifs is 1. The van der Waals surface area contributed by atoms with Crippen molar-refractivity contribution in [2.75, 3.05) is 47.1 Å². The van der Waals surface area contributed by atoms with Gasteiger partial charge in [-0.15, -0.1) is 0 Å². The van der Waals surface area contributed by atoms with E-state index in [-0.39, 0.29) is 18.3 Å². The Kier molecular flexibility index (Phi) is 4.49. The maximum Gasteiger partial charge on any atom is 0.256 e. The summed E-state index contributed by atoms with van der Waals surface area (Å²) in [6.07, 6.45) is -0.805. The highest BCUT2D eigenvalue weighted by molar-refractivity contribution is 6.02. The highest BCUT2D eigenvalue weighted by atomic mass is 16.5. The summed E-state index contributed by atoms with van der Waals surface area (Å²) in [5.74, 6) is 0.588. The van der Waals surface area contributed by atoms with Crippen LogP contribution in [0, 0.1) is 0 Å². The van der Waals surface area contributed by atoms with Crippen LogP contribution in [-0.2, 0) is 14.3 Å². The van der Waals surface area contributed by atoms with E-state index in [0.717, 1.165) is 0 Å². The molecule has 0 spiro atoms. The SMILES string of the molecule is COc1cc2c(cc1OC)C(C(=O)N1CCOCC1)OCC2=O. The van der Waals surface area contributed by atoms with Gasteiger partial charge in [0.05, 0.1) is 27.4 Å². The first-order valence-electron chi connectivity index (χ1n) is 7.43. The molecule has 1 aromatic carbocycles. The van der Waals surface area contributed by atoms with Gasteiger partial charge in [0.25, 0.3) is 5.91 Å². The van der Waals surface area contributed by atoms with E-state index in [2.05, 4.69) is 0 Å². The van der Waals surface area contributed by atoms with Gasteiger partial charge in [-0.1, -0.05) is 0 Å². The molecule has 2 aliphatic rings. The Bertz CT molecular complexity index is 623. The predicted molar refractivity (Wildman–Crippen MR) is 80.0 cm³/mol. The predicted octanol–water partition coefficient (Wildman–Crippen LogP) is 0.817. The molecule has 0 aromatic heterocycles. The number of ketones is 1. The van der Waals surface area contributed by atoms with Gasteiger partial charge in [-0.3, -0.25) is 9.59 Å². The molecule has 1 amide bonds. The summed E-state index contributed by atoms with van der Waals surface area (Å²) in [5, 5.41) is 0. The number of morpholine rings is 1. The molecule has 124 valence electrons. The third kappa shape index (κ3) is 2.89. The zero-order valence-corrected chi connectivity index (χ0v) is 13.2. The fourth-order valence-electron chi connectivity index (χ4n) is 2.83. The highest BCUT2D eigenvalue weighted by Gasteiger charge is 2.36. The molecular weight excluding hydrogens is 302 g/mol. The number of amides is 1. The molecule has 0 aliphatic carbocycles. The lowest BCUT2D eigenvalue weighted by atomic mass is 9.95. The molecule has 1 aromatic rings. The van der Waals surface area contributed by atoms with Crippen molar-refractivity contribution in [2.45, 2.75) is 6.10 Å². The molecule has 0 saturated carbocycles. The van der Waals surface area contributed by atoms with Crippen molar-refractivity contribution in [1.82, 2.24) is 4.90 Å². The largest absolute Gasteiger partial charge is 0.493 e. The van der Waals surface area contributed by atoms with Gasteiger partial charge in [-0.2, -0.15) is 0 Å². The van der Waals surface area contributed by atoms with E-state index in [4.69, 9.17) is 18.9 Å². The first kappa shape index (κ1) is 15.8. The normalized spacial score (nSPS) is 20.9. The summed E-state index contributed by atoms with van der Waals surface area (Å²) in [7, 11) is 3.01. The summed E-state index contributed by atoms with van der Waals surface area (Å²) in [4.78, 5) is 26.6. The molecule has 2 heterocycles. The molecule has 1 fully saturated rings. The maximum absolute atomic E-state index is 12.7. The van der Waals surface area contributed by atoms with Crippen LogP contribution in [0.3, 0.4) is 0 Å². The summed E-state index contributed by atoms with van der Waals surface area (Å²) < 4.78 is 21.3. The van der Waals surface area contributed by atoms with Crippen LogP contribution in [0.15, 0.2) is 12.1 Å². The van der Waals surface area contributed by atoms with E-state index in [0.29, 0.717) is 48.9 Å². The zero-order chi connectivity index (χ0) is 16.4. The Morgan fingerprint density at radius 2 is 1.83 bits per heavy atom. The second-order valence-corrected chi connectivity index (χ2v) is 5.35. The Hall–Kier alpha value is -2.12. The van der Waals surface area contributed by atoms with Gasteiger partial charge in [-0.05, 0) is 12.1 Å². The van der Waals surface area contributed by atoms with Gasteiger partial charge in [0.1, 0.15) is 6.61 Å². The van der Waals surface area contributed by atoms with Crippen molar-refractivity contribution < 1.29 is 28.5 Å². The molecular formula is C16H19NO6. The summed E-state index contributed by atoms with van der Waals surface area (Å²) in [5.41, 5.74) is 0.968. The van der Waals surface area contributed by atoms with Crippen LogP contribution >= 0.6 is 0 Å². The molecule has 7 heteroatoms. The molecule has 1 unspecified atom stereocenters. The zero-order valence-electron chi connectivity index (χ0n) is 13.2. The number of hydrogen-bond acceptors (Lipinski definition) is 6. The summed E-state index contributed by atoms with van der Waals surface area (Å²) in [6, 6.07) is 3.26. The van der Waals surface area contributed by atoms with Crippen LogP contribution in [0.4, 0.5) is 0 Å². The highest BCUT2D eigenvalue weighted by Crippen LogP contribution is 2.37. The standard InChI is InChI=1S/C16H19NO6/c1-20-13-7-10-11(8-14(13)21-2)15(23-9-12(10)18)16(19)17-3-5-22-6-4-17/h7-8,15H,3-6,9H2,1-2H3. The monoisotopic (exact) mass is 321 g/mol. The average Bonchev–Trinajstić information content (AvgIpc) is 2.61. The number of hydrogen-bond donors (Lipinski definition) is 0. The third-order valence-corrected chi connectivity index (χ3v) is 4.07. The number of Topliss-reactive ketones (excluding diaryl/α,β-unsaturated/α-hetero) is 1. The van der Waals surface area contributed by atoms with Crippen molar-refractivity contribution in [3.63, 3.8) is 0 Å². The lowest BCUT2D eigenvalue weighted by Crippen LogP contribution is -2.45. The van der Waals surface area contributed by atoms with Gasteiger partial charge in [0.2, 0.25) is 0 Å². The number of carbonyl (C=O) groups excluding carboxylic acids is 2. The maximum atomic E-state index is 12.7. The summed E-state index contributed by atoms with van der Waals surface area (Å²) in [6.45, 7) is 1.94. The Morgan fingerprint density at radius 3 is 2.48 bits per heavy atom. The van der Waals surface area contributed by atoms with E-state index in [1.54, 1.807) is 17.0 Å². The van der Waals surface area contributed by atoms with Gasteiger partial charge < -0.3 is 23.8 Å². The average molecular weight is 321 g/mol. The Balaban J connectivity index is 1.97. The molecule has 1 saturated heterocycles. The molecule has 2 aliphatic heterocycles. The number of nitrogens with zero attached hydrogens (tertiary/aromatic N) is 1. The molecule has 1 atom stereocenters. The minimum absolute atomic E-state index is 0.122. The quantitative estimate of drug-likeness (QED) is 0.820. The minimum Gasteiger partial charge on any atom is -0.493 e. The van der Waals surface area contributed by atoms with Crippen LogP contribution in [0.2, 0.25) is 0 Å². The Morgan fingerprint density at radius 1 is 1.17 bits per heavy atom. The second-order valence-electron chi connectivity index (χ2n) is 5.35. The van der Waals surface area contributed by atoms with E-state index >= 15 is 0 Å². The van der Waals surface area contributed by atoms with Crippen molar-refractivity contribution in [1.29, 1.82) is 0 Å². The van der Waals surface area contributed by atoms with Gasteiger partial charge >= 0.3 is 0 Å². The number of ether oxygens (including phenoxy) is 4. The van der Waals surface area contributed by atoms with E-state index < -0.39 is 6.10 Å². The van der Waals surface area contributed by atoms with Crippen LogP contribution in [0.25, 0.3) is 0 Å². The number of methoxy groups -OCH3 is 2.